The highest BCUT2D eigenvalue weighted by Crippen LogP contribution is 2.16. The zero-order valence-electron chi connectivity index (χ0n) is 8.33. The average molecular weight is 167 g/mol. The SMILES string of the molecule is C[N+](C)(C)/N=C\C1CC=CCC1. The van der Waals surface area contributed by atoms with Crippen molar-refractivity contribution in [1.29, 1.82) is 0 Å². The smallest absolute Gasteiger partial charge is 0.0923 e. The Hall–Kier alpha value is -0.630. The predicted molar refractivity (Wildman–Crippen MR) is 53.0 cm³/mol. The molecule has 1 rings (SSSR count). The molecule has 0 fully saturated rings. The average Bonchev–Trinajstić information content (AvgIpc) is 2.02. The molecule has 0 saturated heterocycles. The fourth-order valence-corrected chi connectivity index (χ4v) is 1.25. The van der Waals surface area contributed by atoms with E-state index in [-0.39, 0.29) is 0 Å². The van der Waals surface area contributed by atoms with E-state index in [0.29, 0.717) is 10.5 Å². The first-order valence-corrected chi connectivity index (χ1v) is 4.60. The maximum atomic E-state index is 4.46. The van der Waals surface area contributed by atoms with Crippen molar-refractivity contribution in [3.8, 4) is 0 Å². The molecule has 1 unspecified atom stereocenters. The van der Waals surface area contributed by atoms with Crippen molar-refractivity contribution in [2.24, 2.45) is 11.0 Å². The van der Waals surface area contributed by atoms with Gasteiger partial charge in [-0.05, 0) is 19.3 Å². The highest BCUT2D eigenvalue weighted by molar-refractivity contribution is 5.60. The van der Waals surface area contributed by atoms with Crippen molar-refractivity contribution in [3.05, 3.63) is 12.2 Å². The summed E-state index contributed by atoms with van der Waals surface area (Å²) in [6.07, 6.45) is 10.3. The summed E-state index contributed by atoms with van der Waals surface area (Å²) in [5.41, 5.74) is 0. The van der Waals surface area contributed by atoms with Gasteiger partial charge >= 0.3 is 0 Å². The molecule has 2 heteroatoms. The third kappa shape index (κ3) is 3.67. The van der Waals surface area contributed by atoms with E-state index >= 15 is 0 Å². The normalized spacial score (nSPS) is 25.1. The molecule has 0 aromatic heterocycles. The fraction of sp³-hybridized carbons (Fsp3) is 0.700. The summed E-state index contributed by atoms with van der Waals surface area (Å²) < 4.78 is 0.681. The quantitative estimate of drug-likeness (QED) is 0.258. The minimum atomic E-state index is 0.673. The van der Waals surface area contributed by atoms with Crippen LogP contribution in [-0.4, -0.2) is 31.9 Å². The van der Waals surface area contributed by atoms with Crippen molar-refractivity contribution < 1.29 is 4.59 Å². The van der Waals surface area contributed by atoms with Crippen LogP contribution in [0.25, 0.3) is 0 Å². The Balaban J connectivity index is 2.40. The van der Waals surface area contributed by atoms with E-state index in [1.165, 1.54) is 19.3 Å². The number of nitrogens with zero attached hydrogens (tertiary/aromatic N) is 2. The maximum Gasteiger partial charge on any atom is 0.0923 e. The zero-order valence-corrected chi connectivity index (χ0v) is 8.33. The Morgan fingerprint density at radius 3 is 2.58 bits per heavy atom. The van der Waals surface area contributed by atoms with Gasteiger partial charge in [0.2, 0.25) is 0 Å². The molecule has 0 amide bonds. The fourth-order valence-electron chi connectivity index (χ4n) is 1.25. The van der Waals surface area contributed by atoms with Crippen molar-refractivity contribution in [1.82, 2.24) is 0 Å². The van der Waals surface area contributed by atoms with Gasteiger partial charge in [0.1, 0.15) is 0 Å². The molecule has 68 valence electrons. The van der Waals surface area contributed by atoms with Gasteiger partial charge in [-0.25, -0.2) is 4.59 Å². The summed E-state index contributed by atoms with van der Waals surface area (Å²) in [5.74, 6) is 0.673. The molecule has 0 spiro atoms. The molecule has 1 atom stereocenters. The van der Waals surface area contributed by atoms with Crippen LogP contribution in [0.4, 0.5) is 0 Å². The molecule has 12 heavy (non-hydrogen) atoms. The van der Waals surface area contributed by atoms with Crippen LogP contribution in [0.5, 0.6) is 0 Å². The lowest BCUT2D eigenvalue weighted by atomic mass is 9.96. The molecule has 0 heterocycles. The second-order valence-corrected chi connectivity index (χ2v) is 4.25. The van der Waals surface area contributed by atoms with Crippen LogP contribution < -0.4 is 0 Å². The van der Waals surface area contributed by atoms with E-state index in [9.17, 15) is 0 Å². The first-order valence-electron chi connectivity index (χ1n) is 4.60. The predicted octanol–water partition coefficient (Wildman–Crippen LogP) is 2.03. The second-order valence-electron chi connectivity index (χ2n) is 4.25. The van der Waals surface area contributed by atoms with Crippen molar-refractivity contribution in [2.75, 3.05) is 21.1 Å². The van der Waals surface area contributed by atoms with Gasteiger partial charge in [0, 0.05) is 5.92 Å². The molecule has 0 radical (unpaired) electrons. The van der Waals surface area contributed by atoms with Gasteiger partial charge in [0.05, 0.1) is 27.4 Å². The Kier molecular flexibility index (Phi) is 3.04. The summed E-state index contributed by atoms with van der Waals surface area (Å²) >= 11 is 0. The van der Waals surface area contributed by atoms with Gasteiger partial charge < -0.3 is 0 Å². The molecule has 0 aliphatic heterocycles. The lowest BCUT2D eigenvalue weighted by molar-refractivity contribution is -0.876. The van der Waals surface area contributed by atoms with E-state index in [1.807, 2.05) is 0 Å². The van der Waals surface area contributed by atoms with Crippen LogP contribution in [0.1, 0.15) is 19.3 Å². The molecule has 1 aliphatic rings. The summed E-state index contributed by atoms with van der Waals surface area (Å²) in [7, 11) is 6.24. The molecule has 1 aliphatic carbocycles. The van der Waals surface area contributed by atoms with Gasteiger partial charge in [0.15, 0.2) is 0 Å². The van der Waals surface area contributed by atoms with E-state index in [2.05, 4.69) is 44.6 Å². The number of allylic oxidation sites excluding steroid dienone is 2. The molecule has 0 aromatic rings. The molecule has 0 aromatic carbocycles. The highest BCUT2D eigenvalue weighted by atomic mass is 15.6. The van der Waals surface area contributed by atoms with Crippen LogP contribution in [0.2, 0.25) is 0 Å². The van der Waals surface area contributed by atoms with Gasteiger partial charge in [-0.2, -0.15) is 0 Å². The van der Waals surface area contributed by atoms with E-state index in [0.717, 1.165) is 0 Å². The first-order chi connectivity index (χ1) is 5.58. The van der Waals surface area contributed by atoms with E-state index in [1.54, 1.807) is 0 Å². The summed E-state index contributed by atoms with van der Waals surface area (Å²) in [6, 6.07) is 0. The minimum absolute atomic E-state index is 0.673. The molecule has 0 saturated carbocycles. The summed E-state index contributed by atoms with van der Waals surface area (Å²) in [4.78, 5) is 0. The number of quaternary nitrogens is 1. The highest BCUT2D eigenvalue weighted by Gasteiger charge is 2.09. The van der Waals surface area contributed by atoms with Gasteiger partial charge in [-0.3, -0.25) is 0 Å². The molecule has 0 N–H and O–H groups in total. The zero-order chi connectivity index (χ0) is 9.03. The second kappa shape index (κ2) is 3.85. The third-order valence-corrected chi connectivity index (χ3v) is 1.93. The van der Waals surface area contributed by atoms with E-state index < -0.39 is 0 Å². The summed E-state index contributed by atoms with van der Waals surface area (Å²) in [5, 5.41) is 4.46. The lowest BCUT2D eigenvalue weighted by Crippen LogP contribution is -2.28. The van der Waals surface area contributed by atoms with Crippen molar-refractivity contribution >= 4 is 6.21 Å². The molecular formula is C10H19N2+. The van der Waals surface area contributed by atoms with Crippen LogP contribution in [0.15, 0.2) is 17.3 Å². The first kappa shape index (κ1) is 9.46. The monoisotopic (exact) mass is 167 g/mol. The number of hydrogen-bond donors (Lipinski definition) is 0. The third-order valence-electron chi connectivity index (χ3n) is 1.93. The molecule has 0 bridgehead atoms. The van der Waals surface area contributed by atoms with Crippen LogP contribution in [0, 0.1) is 5.92 Å². The maximum absolute atomic E-state index is 4.46. The minimum Gasteiger partial charge on any atom is -0.205 e. The standard InChI is InChI=1S/C10H19N2/c1-12(2,3)11-9-10-7-5-4-6-8-10/h4-5,9-10H,6-8H2,1-3H3/q+1/b11-9-. The largest absolute Gasteiger partial charge is 0.205 e. The van der Waals surface area contributed by atoms with Crippen molar-refractivity contribution in [2.45, 2.75) is 19.3 Å². The Labute approximate surface area is 75.2 Å². The number of rotatable bonds is 2. The Morgan fingerprint density at radius 1 is 1.33 bits per heavy atom. The molecular weight excluding hydrogens is 148 g/mol. The van der Waals surface area contributed by atoms with Crippen LogP contribution >= 0.6 is 0 Å². The van der Waals surface area contributed by atoms with Gasteiger partial charge in [0.25, 0.3) is 0 Å². The lowest BCUT2D eigenvalue weighted by Gasteiger charge is -2.17. The topological polar surface area (TPSA) is 12.4 Å². The van der Waals surface area contributed by atoms with Gasteiger partial charge in [-0.1, -0.05) is 17.3 Å². The van der Waals surface area contributed by atoms with Crippen LogP contribution in [0.3, 0.4) is 0 Å². The Bertz CT molecular complexity index is 187. The van der Waals surface area contributed by atoms with Crippen molar-refractivity contribution in [3.63, 3.8) is 0 Å². The Morgan fingerprint density at radius 2 is 2.08 bits per heavy atom. The van der Waals surface area contributed by atoms with E-state index in [4.69, 9.17) is 0 Å². The molecule has 2 nitrogen and oxygen atoms in total. The number of hydrogen-bond acceptors (Lipinski definition) is 1. The summed E-state index contributed by atoms with van der Waals surface area (Å²) in [6.45, 7) is 0. The van der Waals surface area contributed by atoms with Crippen LogP contribution in [-0.2, 0) is 0 Å². The van der Waals surface area contributed by atoms with Gasteiger partial charge in [-0.15, -0.1) is 0 Å².